The molecule has 0 aliphatic heterocycles. The molecule has 0 saturated heterocycles. The van der Waals surface area contributed by atoms with Gasteiger partial charge in [-0.3, -0.25) is 14.2 Å². The van der Waals surface area contributed by atoms with Crippen molar-refractivity contribution in [3.8, 4) is 0 Å². The van der Waals surface area contributed by atoms with Gasteiger partial charge >= 0.3 is 11.9 Å². The molecule has 384 valence electrons. The van der Waals surface area contributed by atoms with Crippen LogP contribution in [-0.2, 0) is 32.7 Å². The highest BCUT2D eigenvalue weighted by atomic mass is 31.2. The lowest BCUT2D eigenvalue weighted by Crippen LogP contribution is -2.37. The third kappa shape index (κ3) is 51.7. The van der Waals surface area contributed by atoms with Crippen LogP contribution in [0, 0.1) is 0 Å². The molecule has 10 heteroatoms. The lowest BCUT2D eigenvalue weighted by atomic mass is 10.0. The predicted molar refractivity (Wildman–Crippen MR) is 273 cm³/mol. The number of carbonyl (C=O) groups is 2. The number of likely N-dealkylation sites (N-methyl/N-ethyl adjacent to an activating group) is 1. The predicted octanol–water partition coefficient (Wildman–Crippen LogP) is 16.0. The van der Waals surface area contributed by atoms with Crippen molar-refractivity contribution >= 4 is 19.8 Å². The van der Waals surface area contributed by atoms with E-state index in [9.17, 15) is 19.0 Å². The van der Waals surface area contributed by atoms with Crippen molar-refractivity contribution in [1.82, 2.24) is 0 Å². The van der Waals surface area contributed by atoms with Crippen LogP contribution in [0.25, 0.3) is 0 Å². The van der Waals surface area contributed by atoms with Crippen LogP contribution in [0.4, 0.5) is 0 Å². The molecule has 0 rings (SSSR count). The minimum absolute atomic E-state index is 0.0303. The maximum Gasteiger partial charge on any atom is 0.306 e. The summed E-state index contributed by atoms with van der Waals surface area (Å²) in [6.07, 6.45) is 55.0. The quantitative estimate of drug-likeness (QED) is 0.0195. The summed E-state index contributed by atoms with van der Waals surface area (Å²) in [7, 11) is 1.17. The Kier molecular flexibility index (Phi) is 46.4. The van der Waals surface area contributed by atoms with E-state index >= 15 is 0 Å². The maximum atomic E-state index is 12.7. The van der Waals surface area contributed by atoms with Crippen molar-refractivity contribution < 1.29 is 42.1 Å². The second-order valence-corrected chi connectivity index (χ2v) is 21.4. The van der Waals surface area contributed by atoms with Crippen LogP contribution < -0.4 is 4.89 Å². The number of hydrogen-bond donors (Lipinski definition) is 0. The Morgan fingerprint density at radius 1 is 0.477 bits per heavy atom. The van der Waals surface area contributed by atoms with Crippen LogP contribution in [-0.4, -0.2) is 70.0 Å². The number of ether oxygens (including phenoxy) is 2. The molecule has 65 heavy (non-hydrogen) atoms. The summed E-state index contributed by atoms with van der Waals surface area (Å²) in [4.78, 5) is 37.8. The molecule has 0 heterocycles. The van der Waals surface area contributed by atoms with Crippen molar-refractivity contribution in [2.24, 2.45) is 0 Å². The molecular weight excluding hydrogens is 834 g/mol. The second kappa shape index (κ2) is 47.6. The van der Waals surface area contributed by atoms with Gasteiger partial charge < -0.3 is 27.9 Å². The fourth-order valence-corrected chi connectivity index (χ4v) is 8.65. The van der Waals surface area contributed by atoms with E-state index in [-0.39, 0.29) is 32.0 Å². The minimum Gasteiger partial charge on any atom is -0.756 e. The molecular formula is C55H106NO8P. The first-order valence-electron chi connectivity index (χ1n) is 27.5. The van der Waals surface area contributed by atoms with Crippen molar-refractivity contribution in [2.75, 3.05) is 47.5 Å². The third-order valence-corrected chi connectivity index (χ3v) is 13.2. The number of esters is 2. The molecule has 0 aliphatic rings. The number of phosphoric ester groups is 1. The number of unbranched alkanes of at least 4 members (excludes halogenated alkanes) is 33. The zero-order valence-corrected chi connectivity index (χ0v) is 44.3. The Morgan fingerprint density at radius 3 is 1.25 bits per heavy atom. The van der Waals surface area contributed by atoms with Crippen LogP contribution >= 0.6 is 7.82 Å². The van der Waals surface area contributed by atoms with Crippen molar-refractivity contribution in [1.29, 1.82) is 0 Å². The number of phosphoric acid groups is 1. The molecule has 2 atom stereocenters. The Bertz CT molecular complexity index is 1150. The SMILES string of the molecule is CCCCC/C=C\C/C=C\CCCCCCCCCC(=O)OC(COC(=O)CCCCCCCCCCCCCCCCCCCCCCCCCC)COP(=O)([O-])OCC[N+](C)(C)C. The summed E-state index contributed by atoms with van der Waals surface area (Å²) in [6, 6.07) is 0. The minimum atomic E-state index is -4.63. The van der Waals surface area contributed by atoms with Crippen LogP contribution in [0.5, 0.6) is 0 Å². The highest BCUT2D eigenvalue weighted by Gasteiger charge is 2.21. The van der Waals surface area contributed by atoms with E-state index in [0.717, 1.165) is 51.4 Å². The van der Waals surface area contributed by atoms with Gasteiger partial charge in [-0.1, -0.05) is 231 Å². The number of hydrogen-bond acceptors (Lipinski definition) is 8. The average molecular weight is 940 g/mol. The molecule has 0 aliphatic carbocycles. The highest BCUT2D eigenvalue weighted by molar-refractivity contribution is 7.45. The van der Waals surface area contributed by atoms with Crippen LogP contribution in [0.15, 0.2) is 24.3 Å². The standard InChI is InChI=1S/C55H106NO8P/c1-6-8-10-12-14-16-18-20-22-24-25-26-27-28-29-30-32-33-35-37-39-41-43-45-47-54(57)61-51-53(52-63-65(59,60)62-50-49-56(3,4)5)64-55(58)48-46-44-42-40-38-36-34-31-23-21-19-17-15-13-11-9-7-2/h15,17,21,23,53H,6-14,16,18-20,22,24-52H2,1-5H3/b17-15-,23-21-. The van der Waals surface area contributed by atoms with Gasteiger partial charge in [-0.25, -0.2) is 0 Å². The summed E-state index contributed by atoms with van der Waals surface area (Å²) in [5, 5.41) is 0. The number of quaternary nitrogens is 1. The Balaban J connectivity index is 4.14. The van der Waals surface area contributed by atoms with E-state index in [1.54, 1.807) is 0 Å². The van der Waals surface area contributed by atoms with Gasteiger partial charge in [-0.15, -0.1) is 0 Å². The van der Waals surface area contributed by atoms with Gasteiger partial charge in [0.1, 0.15) is 19.8 Å². The number of carbonyl (C=O) groups excluding carboxylic acids is 2. The first-order chi connectivity index (χ1) is 31.5. The van der Waals surface area contributed by atoms with Gasteiger partial charge in [-0.2, -0.15) is 0 Å². The number of rotatable bonds is 51. The number of nitrogens with zero attached hydrogens (tertiary/aromatic N) is 1. The first kappa shape index (κ1) is 63.5. The second-order valence-electron chi connectivity index (χ2n) is 20.0. The van der Waals surface area contributed by atoms with E-state index in [1.165, 1.54) is 180 Å². The molecule has 2 unspecified atom stereocenters. The third-order valence-electron chi connectivity index (χ3n) is 12.2. The fourth-order valence-electron chi connectivity index (χ4n) is 7.92. The van der Waals surface area contributed by atoms with Gasteiger partial charge in [0.15, 0.2) is 6.10 Å². The smallest absolute Gasteiger partial charge is 0.306 e. The van der Waals surface area contributed by atoms with E-state index in [4.69, 9.17) is 18.5 Å². The Hall–Kier alpha value is -1.51. The van der Waals surface area contributed by atoms with Gasteiger partial charge in [0.2, 0.25) is 0 Å². The van der Waals surface area contributed by atoms with Gasteiger partial charge in [0.25, 0.3) is 7.82 Å². The molecule has 0 aromatic heterocycles. The van der Waals surface area contributed by atoms with E-state index in [1.807, 2.05) is 21.1 Å². The summed E-state index contributed by atoms with van der Waals surface area (Å²) in [5.41, 5.74) is 0. The molecule has 0 amide bonds. The van der Waals surface area contributed by atoms with Gasteiger partial charge in [0, 0.05) is 12.8 Å². The van der Waals surface area contributed by atoms with E-state index in [2.05, 4.69) is 38.2 Å². The van der Waals surface area contributed by atoms with Crippen LogP contribution in [0.2, 0.25) is 0 Å². The first-order valence-corrected chi connectivity index (χ1v) is 29.0. The van der Waals surface area contributed by atoms with Crippen LogP contribution in [0.1, 0.15) is 264 Å². The molecule has 9 nitrogen and oxygen atoms in total. The monoisotopic (exact) mass is 940 g/mol. The van der Waals surface area contributed by atoms with Gasteiger partial charge in [-0.05, 0) is 44.9 Å². The van der Waals surface area contributed by atoms with Crippen molar-refractivity contribution in [3.05, 3.63) is 24.3 Å². The Morgan fingerprint density at radius 2 is 0.831 bits per heavy atom. The zero-order chi connectivity index (χ0) is 47.8. The lowest BCUT2D eigenvalue weighted by Gasteiger charge is -2.28. The summed E-state index contributed by atoms with van der Waals surface area (Å²) < 4.78 is 34.1. The molecule has 0 aromatic rings. The largest absolute Gasteiger partial charge is 0.756 e. The van der Waals surface area contributed by atoms with E-state index in [0.29, 0.717) is 17.4 Å². The average Bonchev–Trinajstić information content (AvgIpc) is 3.26. The number of allylic oxidation sites excluding steroid dienone is 4. The van der Waals surface area contributed by atoms with Crippen molar-refractivity contribution in [2.45, 2.75) is 270 Å². The molecule has 0 fully saturated rings. The lowest BCUT2D eigenvalue weighted by molar-refractivity contribution is -0.870. The fraction of sp³-hybridized carbons (Fsp3) is 0.891. The summed E-state index contributed by atoms with van der Waals surface area (Å²) >= 11 is 0. The highest BCUT2D eigenvalue weighted by Crippen LogP contribution is 2.38. The molecule has 0 bridgehead atoms. The molecule has 0 aromatic carbocycles. The molecule has 0 spiro atoms. The normalized spacial score (nSPS) is 13.5. The Labute approximate surface area is 402 Å². The summed E-state index contributed by atoms with van der Waals surface area (Å²) in [6.45, 7) is 4.24. The molecule has 0 radical (unpaired) electrons. The molecule has 0 N–H and O–H groups in total. The molecule has 0 saturated carbocycles. The van der Waals surface area contributed by atoms with Crippen LogP contribution in [0.3, 0.4) is 0 Å². The topological polar surface area (TPSA) is 111 Å². The maximum absolute atomic E-state index is 12.7. The summed E-state index contributed by atoms with van der Waals surface area (Å²) in [5.74, 6) is -0.829. The van der Waals surface area contributed by atoms with E-state index < -0.39 is 26.5 Å². The van der Waals surface area contributed by atoms with Gasteiger partial charge in [0.05, 0.1) is 27.7 Å². The zero-order valence-electron chi connectivity index (χ0n) is 43.5. The van der Waals surface area contributed by atoms with Crippen molar-refractivity contribution in [3.63, 3.8) is 0 Å².